The van der Waals surface area contributed by atoms with Crippen molar-refractivity contribution in [2.45, 2.75) is 19.8 Å². The smallest absolute Gasteiger partial charge is 0.316 e. The van der Waals surface area contributed by atoms with Crippen LogP contribution in [0.5, 0.6) is 0 Å². The van der Waals surface area contributed by atoms with E-state index in [9.17, 15) is 9.59 Å². The van der Waals surface area contributed by atoms with Crippen molar-refractivity contribution in [3.8, 4) is 0 Å². The number of ether oxygens (including phenoxy) is 1. The largest absolute Gasteiger partial charge is 0.465 e. The molecule has 3 nitrogen and oxygen atoms in total. The van der Waals surface area contributed by atoms with Crippen LogP contribution >= 0.6 is 0 Å². The lowest BCUT2D eigenvalue weighted by atomic mass is 10.1. The topological polar surface area (TPSA) is 43.4 Å². The molecule has 0 heterocycles. The molecule has 0 radical (unpaired) electrons. The van der Waals surface area contributed by atoms with Gasteiger partial charge >= 0.3 is 5.97 Å². The molecule has 1 rings (SSSR count). The fraction of sp³-hybridized carbons (Fsp3) is 0.750. The summed E-state index contributed by atoms with van der Waals surface area (Å²) in [6.07, 6.45) is 2.68. The van der Waals surface area contributed by atoms with Gasteiger partial charge in [-0.1, -0.05) is 0 Å². The van der Waals surface area contributed by atoms with Crippen LogP contribution < -0.4 is 0 Å². The highest BCUT2D eigenvalue weighted by Gasteiger charge is 2.36. The van der Waals surface area contributed by atoms with E-state index < -0.39 is 5.92 Å². The minimum atomic E-state index is -0.491. The van der Waals surface area contributed by atoms with Crippen LogP contribution in [0.3, 0.4) is 0 Å². The van der Waals surface area contributed by atoms with Gasteiger partial charge in [-0.05, 0) is 25.7 Å². The van der Waals surface area contributed by atoms with E-state index in [0.29, 0.717) is 12.9 Å². The second-order valence-electron chi connectivity index (χ2n) is 2.75. The third-order valence-electron chi connectivity index (χ3n) is 1.84. The van der Waals surface area contributed by atoms with Crippen molar-refractivity contribution in [2.24, 2.45) is 11.8 Å². The summed E-state index contributed by atoms with van der Waals surface area (Å²) >= 11 is 0. The molecule has 0 N–H and O–H groups in total. The van der Waals surface area contributed by atoms with Gasteiger partial charge in [0.2, 0.25) is 0 Å². The van der Waals surface area contributed by atoms with E-state index in [1.54, 1.807) is 6.92 Å². The molecule has 0 bridgehead atoms. The Kier molecular flexibility index (Phi) is 2.63. The number of rotatable bonds is 4. The molecule has 0 aromatic carbocycles. The summed E-state index contributed by atoms with van der Waals surface area (Å²) in [5, 5.41) is 0. The quantitative estimate of drug-likeness (QED) is 0.343. The van der Waals surface area contributed by atoms with E-state index in [1.165, 1.54) is 0 Å². The summed E-state index contributed by atoms with van der Waals surface area (Å²) in [6.45, 7) is 2.10. The average Bonchev–Trinajstić information content (AvgIpc) is 2.73. The van der Waals surface area contributed by atoms with Gasteiger partial charge in [-0.2, -0.15) is 0 Å². The first kappa shape index (κ1) is 8.24. The van der Waals surface area contributed by atoms with Gasteiger partial charge in [-0.3, -0.25) is 4.79 Å². The number of carbonyl (C=O) groups is 2. The monoisotopic (exact) mass is 156 g/mol. The molecule has 1 aliphatic rings. The van der Waals surface area contributed by atoms with E-state index in [4.69, 9.17) is 4.74 Å². The minimum Gasteiger partial charge on any atom is -0.465 e. The molecule has 0 spiro atoms. The molecular formula is C8H12O3. The summed E-state index contributed by atoms with van der Waals surface area (Å²) < 4.78 is 4.73. The summed E-state index contributed by atoms with van der Waals surface area (Å²) in [6, 6.07) is 0. The molecular weight excluding hydrogens is 144 g/mol. The zero-order valence-electron chi connectivity index (χ0n) is 6.58. The van der Waals surface area contributed by atoms with Crippen molar-refractivity contribution in [2.75, 3.05) is 6.61 Å². The predicted octanol–water partition coefficient (Wildman–Crippen LogP) is 0.775. The van der Waals surface area contributed by atoms with E-state index in [1.807, 2.05) is 0 Å². The predicted molar refractivity (Wildman–Crippen MR) is 38.9 cm³/mol. The van der Waals surface area contributed by atoms with Crippen LogP contribution in [0.4, 0.5) is 0 Å². The van der Waals surface area contributed by atoms with Crippen molar-refractivity contribution >= 4 is 12.3 Å². The molecule has 0 unspecified atom stereocenters. The Morgan fingerprint density at radius 2 is 2.36 bits per heavy atom. The summed E-state index contributed by atoms with van der Waals surface area (Å²) in [5.41, 5.74) is 0. The first-order chi connectivity index (χ1) is 5.29. The van der Waals surface area contributed by atoms with Crippen LogP contribution in [0.15, 0.2) is 0 Å². The standard InChI is InChI=1S/C8H12O3/c1-2-11-8(10)7(5-9)6-3-4-6/h5-7H,2-4H2,1H3/t7-/m1/s1. The van der Waals surface area contributed by atoms with Gasteiger partial charge in [0, 0.05) is 0 Å². The van der Waals surface area contributed by atoms with Gasteiger partial charge in [0.15, 0.2) is 0 Å². The molecule has 0 aromatic heterocycles. The maximum Gasteiger partial charge on any atom is 0.316 e. The number of aldehydes is 1. The zero-order valence-corrected chi connectivity index (χ0v) is 6.58. The zero-order chi connectivity index (χ0) is 8.27. The third-order valence-corrected chi connectivity index (χ3v) is 1.84. The summed E-state index contributed by atoms with van der Waals surface area (Å²) in [4.78, 5) is 21.4. The normalized spacial score (nSPS) is 19.0. The lowest BCUT2D eigenvalue weighted by Crippen LogP contribution is -2.20. The number of hydrogen-bond acceptors (Lipinski definition) is 3. The SMILES string of the molecule is CCOC(=O)[C@H](C=O)C1CC1. The molecule has 1 saturated carbocycles. The summed E-state index contributed by atoms with van der Waals surface area (Å²) in [5.74, 6) is -0.577. The van der Waals surface area contributed by atoms with Gasteiger partial charge < -0.3 is 9.53 Å². The van der Waals surface area contributed by atoms with Crippen LogP contribution in [0, 0.1) is 11.8 Å². The van der Waals surface area contributed by atoms with Crippen molar-refractivity contribution in [1.29, 1.82) is 0 Å². The number of esters is 1. The van der Waals surface area contributed by atoms with Crippen molar-refractivity contribution in [3.63, 3.8) is 0 Å². The van der Waals surface area contributed by atoms with E-state index in [-0.39, 0.29) is 11.9 Å². The van der Waals surface area contributed by atoms with Gasteiger partial charge in [0.25, 0.3) is 0 Å². The Morgan fingerprint density at radius 1 is 1.73 bits per heavy atom. The molecule has 11 heavy (non-hydrogen) atoms. The van der Waals surface area contributed by atoms with E-state index in [0.717, 1.165) is 12.8 Å². The third kappa shape index (κ3) is 2.03. The van der Waals surface area contributed by atoms with E-state index in [2.05, 4.69) is 0 Å². The second-order valence-corrected chi connectivity index (χ2v) is 2.75. The molecule has 0 amide bonds. The Bertz CT molecular complexity index is 161. The number of hydrogen-bond donors (Lipinski definition) is 0. The fourth-order valence-corrected chi connectivity index (χ4v) is 1.05. The lowest BCUT2D eigenvalue weighted by molar-refractivity contribution is -0.150. The van der Waals surface area contributed by atoms with Crippen molar-refractivity contribution in [3.05, 3.63) is 0 Å². The molecule has 0 saturated heterocycles. The van der Waals surface area contributed by atoms with Gasteiger partial charge in [0.05, 0.1) is 6.61 Å². The lowest BCUT2D eigenvalue weighted by Gasteiger charge is -2.06. The first-order valence-electron chi connectivity index (χ1n) is 3.91. The van der Waals surface area contributed by atoms with Gasteiger partial charge in [-0.15, -0.1) is 0 Å². The van der Waals surface area contributed by atoms with Crippen LogP contribution in [-0.2, 0) is 14.3 Å². The van der Waals surface area contributed by atoms with Crippen molar-refractivity contribution in [1.82, 2.24) is 0 Å². The van der Waals surface area contributed by atoms with Crippen LogP contribution in [0.1, 0.15) is 19.8 Å². The molecule has 1 atom stereocenters. The Labute approximate surface area is 65.7 Å². The van der Waals surface area contributed by atoms with Gasteiger partial charge in [0.1, 0.15) is 12.2 Å². The van der Waals surface area contributed by atoms with Crippen LogP contribution in [0.25, 0.3) is 0 Å². The van der Waals surface area contributed by atoms with Crippen LogP contribution in [0.2, 0.25) is 0 Å². The first-order valence-corrected chi connectivity index (χ1v) is 3.91. The Morgan fingerprint density at radius 3 is 2.73 bits per heavy atom. The van der Waals surface area contributed by atoms with Crippen LogP contribution in [-0.4, -0.2) is 18.9 Å². The fourth-order valence-electron chi connectivity index (χ4n) is 1.05. The maximum atomic E-state index is 11.0. The molecule has 0 aliphatic heterocycles. The second kappa shape index (κ2) is 3.51. The molecule has 1 fully saturated rings. The Balaban J connectivity index is 2.39. The highest BCUT2D eigenvalue weighted by atomic mass is 16.5. The highest BCUT2D eigenvalue weighted by molar-refractivity contribution is 5.88. The number of carbonyl (C=O) groups excluding carboxylic acids is 2. The van der Waals surface area contributed by atoms with Crippen molar-refractivity contribution < 1.29 is 14.3 Å². The highest BCUT2D eigenvalue weighted by Crippen LogP contribution is 2.36. The average molecular weight is 156 g/mol. The minimum absolute atomic E-state index is 0.270. The Hall–Kier alpha value is -0.860. The summed E-state index contributed by atoms with van der Waals surface area (Å²) in [7, 11) is 0. The maximum absolute atomic E-state index is 11.0. The van der Waals surface area contributed by atoms with Gasteiger partial charge in [-0.25, -0.2) is 0 Å². The molecule has 0 aromatic rings. The molecule has 3 heteroatoms. The van der Waals surface area contributed by atoms with E-state index >= 15 is 0 Å². The molecule has 62 valence electrons. The molecule has 1 aliphatic carbocycles.